The van der Waals surface area contributed by atoms with Crippen LogP contribution < -0.4 is 0 Å². The Morgan fingerprint density at radius 3 is 2.02 bits per heavy atom. The zero-order chi connectivity index (χ0) is 36.9. The molecule has 0 bridgehead atoms. The van der Waals surface area contributed by atoms with Crippen LogP contribution in [0.3, 0.4) is 0 Å². The van der Waals surface area contributed by atoms with Crippen LogP contribution in [-0.4, -0.2) is 126 Å². The Kier molecular flexibility index (Phi) is 14.0. The van der Waals surface area contributed by atoms with Crippen LogP contribution in [0, 0.1) is 17.3 Å². The fourth-order valence-corrected chi connectivity index (χ4v) is 6.24. The highest BCUT2D eigenvalue weighted by molar-refractivity contribution is 5.76. The third-order valence-electron chi connectivity index (χ3n) is 9.06. The topological polar surface area (TPSA) is 202 Å². The van der Waals surface area contributed by atoms with E-state index in [-0.39, 0.29) is 43.7 Å². The predicted molar refractivity (Wildman–Crippen MR) is 173 cm³/mol. The van der Waals surface area contributed by atoms with Crippen molar-refractivity contribution in [1.29, 1.82) is 0 Å². The second kappa shape index (κ2) is 17.4. The summed E-state index contributed by atoms with van der Waals surface area (Å²) < 4.78 is 50.5. The second-order valence-corrected chi connectivity index (χ2v) is 14.4. The highest BCUT2D eigenvalue weighted by Gasteiger charge is 2.57. The molecule has 4 unspecified atom stereocenters. The maximum Gasteiger partial charge on any atom is 0.338 e. The van der Waals surface area contributed by atoms with Crippen LogP contribution in [0.2, 0.25) is 0 Å². The molecule has 3 fully saturated rings. The average molecular weight is 715 g/mol. The summed E-state index contributed by atoms with van der Waals surface area (Å²) >= 11 is 0. The van der Waals surface area contributed by atoms with Gasteiger partial charge in [-0.25, -0.2) is 9.59 Å². The SMILES string of the molecule is CC(C)=CC1C(COC(=O)C2O[C@@H](OC(C)C)[C@@H](O)[C@@H](O)[C@@H]2OCCO[C@@H]2OC(C(=O)OCc3ccco3)[C@@H](OC(C)C)[C@H](O)[C@@H]2O)C1(C)C. The van der Waals surface area contributed by atoms with Crippen molar-refractivity contribution in [2.24, 2.45) is 17.3 Å². The maximum absolute atomic E-state index is 13.4. The Labute approximate surface area is 292 Å². The number of rotatable bonds is 16. The fraction of sp³-hybridized carbons (Fsp3) is 0.771. The number of esters is 2. The maximum atomic E-state index is 13.4. The summed E-state index contributed by atoms with van der Waals surface area (Å²) in [5, 5.41) is 43.5. The van der Waals surface area contributed by atoms with Crippen molar-refractivity contribution in [3.8, 4) is 0 Å². The molecule has 4 rings (SSSR count). The van der Waals surface area contributed by atoms with Gasteiger partial charge < -0.3 is 62.7 Å². The number of aliphatic hydroxyl groups is 4. The monoisotopic (exact) mass is 714 g/mol. The van der Waals surface area contributed by atoms with E-state index in [1.54, 1.807) is 39.8 Å². The average Bonchev–Trinajstić information content (AvgIpc) is 3.34. The third kappa shape index (κ3) is 9.91. The molecule has 15 heteroatoms. The first-order chi connectivity index (χ1) is 23.5. The quantitative estimate of drug-likeness (QED) is 0.109. The zero-order valence-corrected chi connectivity index (χ0v) is 30.0. The molecule has 284 valence electrons. The Hall–Kier alpha value is -2.44. The Morgan fingerprint density at radius 1 is 0.820 bits per heavy atom. The molecule has 2 saturated heterocycles. The molecular weight excluding hydrogens is 660 g/mol. The van der Waals surface area contributed by atoms with Gasteiger partial charge in [-0.1, -0.05) is 25.5 Å². The van der Waals surface area contributed by atoms with Crippen molar-refractivity contribution in [3.05, 3.63) is 35.8 Å². The Balaban J connectivity index is 1.38. The standard InChI is InChI=1S/C35H54O15/c1-17(2)14-21-22(35(21,7)8)16-46-31(40)29-27(23(36)26(39)34(50-29)48-19(5)6)43-12-13-44-33-25(38)24(37)28(47-18(3)4)30(49-33)32(41)45-15-20-10-9-11-42-20/h9-11,14,18-19,21-30,33-34,36-39H,12-13,15-16H2,1-8H3/t21?,22?,23-,24-,25+,26+,27+,28+,29?,30?,33-,34-/m1/s1. The first kappa shape index (κ1) is 40.3. The number of hydrogen-bond acceptors (Lipinski definition) is 15. The van der Waals surface area contributed by atoms with Crippen LogP contribution in [-0.2, 0) is 54.1 Å². The molecule has 3 heterocycles. The molecule has 4 N–H and O–H groups in total. The highest BCUT2D eigenvalue weighted by Crippen LogP contribution is 2.59. The fourth-order valence-electron chi connectivity index (χ4n) is 6.24. The van der Waals surface area contributed by atoms with E-state index in [0.29, 0.717) is 5.76 Å². The van der Waals surface area contributed by atoms with E-state index < -0.39 is 85.6 Å². The summed E-state index contributed by atoms with van der Waals surface area (Å²) in [5.74, 6) is -0.958. The van der Waals surface area contributed by atoms with E-state index in [1.165, 1.54) is 11.8 Å². The summed E-state index contributed by atoms with van der Waals surface area (Å²) in [4.78, 5) is 26.4. The van der Waals surface area contributed by atoms with Gasteiger partial charge in [0, 0.05) is 5.92 Å². The lowest BCUT2D eigenvalue weighted by molar-refractivity contribution is -0.317. The number of aliphatic hydroxyl groups excluding tert-OH is 4. The molecule has 1 aromatic heterocycles. The number of hydrogen-bond donors (Lipinski definition) is 4. The summed E-state index contributed by atoms with van der Waals surface area (Å²) in [5.41, 5.74) is 1.10. The van der Waals surface area contributed by atoms with Crippen LogP contribution in [0.5, 0.6) is 0 Å². The minimum absolute atomic E-state index is 0.0629. The molecule has 0 aromatic carbocycles. The molecule has 0 spiro atoms. The van der Waals surface area contributed by atoms with Gasteiger partial charge in [-0.3, -0.25) is 0 Å². The molecule has 0 amide bonds. The van der Waals surface area contributed by atoms with Gasteiger partial charge in [0.15, 0.2) is 24.8 Å². The molecule has 1 aromatic rings. The van der Waals surface area contributed by atoms with Gasteiger partial charge in [0.25, 0.3) is 0 Å². The van der Waals surface area contributed by atoms with Crippen molar-refractivity contribution in [3.63, 3.8) is 0 Å². The van der Waals surface area contributed by atoms with Gasteiger partial charge >= 0.3 is 11.9 Å². The molecule has 15 nitrogen and oxygen atoms in total. The lowest BCUT2D eigenvalue weighted by Gasteiger charge is -2.42. The molecule has 50 heavy (non-hydrogen) atoms. The van der Waals surface area contributed by atoms with Crippen molar-refractivity contribution >= 4 is 11.9 Å². The summed E-state index contributed by atoms with van der Waals surface area (Å²) in [6, 6.07) is 3.25. The Morgan fingerprint density at radius 2 is 1.40 bits per heavy atom. The lowest BCUT2D eigenvalue weighted by atomic mass is 9.98. The number of furan rings is 1. The van der Waals surface area contributed by atoms with Crippen LogP contribution in [0.4, 0.5) is 0 Å². The van der Waals surface area contributed by atoms with Gasteiger partial charge in [-0.05, 0) is 65.0 Å². The molecule has 2 aliphatic heterocycles. The van der Waals surface area contributed by atoms with E-state index in [4.69, 9.17) is 42.3 Å². The van der Waals surface area contributed by atoms with Crippen molar-refractivity contribution in [1.82, 2.24) is 0 Å². The van der Waals surface area contributed by atoms with E-state index >= 15 is 0 Å². The van der Waals surface area contributed by atoms with E-state index in [0.717, 1.165) is 0 Å². The molecule has 12 atom stereocenters. The molecule has 3 aliphatic rings. The van der Waals surface area contributed by atoms with Gasteiger partial charge in [0.2, 0.25) is 0 Å². The van der Waals surface area contributed by atoms with Gasteiger partial charge in [0.1, 0.15) is 49.0 Å². The number of allylic oxidation sites excluding steroid dienone is 2. The zero-order valence-electron chi connectivity index (χ0n) is 30.0. The molecule has 0 radical (unpaired) electrons. The van der Waals surface area contributed by atoms with E-state index in [2.05, 4.69) is 19.9 Å². The minimum Gasteiger partial charge on any atom is -0.466 e. The highest BCUT2D eigenvalue weighted by atomic mass is 16.7. The number of carbonyl (C=O) groups is 2. The van der Waals surface area contributed by atoms with Gasteiger partial charge in [-0.2, -0.15) is 0 Å². The number of carbonyl (C=O) groups excluding carboxylic acids is 2. The van der Waals surface area contributed by atoms with Crippen molar-refractivity contribution < 1.29 is 72.3 Å². The van der Waals surface area contributed by atoms with E-state index in [9.17, 15) is 30.0 Å². The third-order valence-corrected chi connectivity index (χ3v) is 9.06. The number of ether oxygens (including phenoxy) is 8. The normalized spacial score (nSPS) is 35.2. The Bertz CT molecular complexity index is 1260. The summed E-state index contributed by atoms with van der Waals surface area (Å²) in [6.07, 6.45) is -12.0. The largest absolute Gasteiger partial charge is 0.466 e. The minimum atomic E-state index is -1.63. The molecule has 1 aliphatic carbocycles. The van der Waals surface area contributed by atoms with Crippen LogP contribution in [0.15, 0.2) is 34.5 Å². The smallest absolute Gasteiger partial charge is 0.338 e. The molecular formula is C35H54O15. The first-order valence-corrected chi connectivity index (χ1v) is 17.1. The molecule has 1 saturated carbocycles. The van der Waals surface area contributed by atoms with Gasteiger partial charge in [-0.15, -0.1) is 0 Å². The summed E-state index contributed by atoms with van der Waals surface area (Å²) in [6.45, 7) is 14.4. The van der Waals surface area contributed by atoms with Crippen molar-refractivity contribution in [2.45, 2.75) is 136 Å². The van der Waals surface area contributed by atoms with Crippen LogP contribution in [0.1, 0.15) is 61.2 Å². The van der Waals surface area contributed by atoms with E-state index in [1.807, 2.05) is 13.8 Å². The summed E-state index contributed by atoms with van der Waals surface area (Å²) in [7, 11) is 0. The van der Waals surface area contributed by atoms with Crippen LogP contribution in [0.25, 0.3) is 0 Å². The lowest BCUT2D eigenvalue weighted by Crippen LogP contribution is -2.62. The van der Waals surface area contributed by atoms with Crippen molar-refractivity contribution in [2.75, 3.05) is 19.8 Å². The van der Waals surface area contributed by atoms with Crippen LogP contribution >= 0.6 is 0 Å². The predicted octanol–water partition coefficient (Wildman–Crippen LogP) is 1.62. The first-order valence-electron chi connectivity index (χ1n) is 17.1. The second-order valence-electron chi connectivity index (χ2n) is 14.4. The van der Waals surface area contributed by atoms with Gasteiger partial charge in [0.05, 0.1) is 38.3 Å².